The number of sulfonamides is 1. The van der Waals surface area contributed by atoms with Crippen molar-refractivity contribution in [3.63, 3.8) is 0 Å². The first-order valence-corrected chi connectivity index (χ1v) is 9.32. The third-order valence-electron chi connectivity index (χ3n) is 3.58. The highest BCUT2D eigenvalue weighted by molar-refractivity contribution is 7.89. The van der Waals surface area contributed by atoms with Crippen molar-refractivity contribution in [2.24, 2.45) is 5.10 Å². The fraction of sp³-hybridized carbons (Fsp3) is 0.278. The van der Waals surface area contributed by atoms with Crippen LogP contribution < -0.4 is 9.57 Å². The van der Waals surface area contributed by atoms with Crippen LogP contribution in [0.25, 0.3) is 0 Å². The molecule has 7 heteroatoms. The van der Waals surface area contributed by atoms with Crippen LogP contribution in [0, 0.1) is 20.8 Å². The quantitative estimate of drug-likeness (QED) is 0.611. The molecule has 0 bridgehead atoms. The van der Waals surface area contributed by atoms with E-state index in [0.717, 1.165) is 5.56 Å². The molecule has 0 spiro atoms. The molecule has 2 aromatic carbocycles. The van der Waals surface area contributed by atoms with E-state index in [0.29, 0.717) is 29.0 Å². The lowest BCUT2D eigenvalue weighted by molar-refractivity contribution is 0.318. The molecule has 0 amide bonds. The van der Waals surface area contributed by atoms with Gasteiger partial charge in [0.15, 0.2) is 11.5 Å². The van der Waals surface area contributed by atoms with Gasteiger partial charge in [0.25, 0.3) is 10.0 Å². The van der Waals surface area contributed by atoms with Gasteiger partial charge in [-0.15, -0.1) is 0 Å². The summed E-state index contributed by atoms with van der Waals surface area (Å²) in [5, 5.41) is 13.9. The highest BCUT2D eigenvalue weighted by Gasteiger charge is 2.19. The van der Waals surface area contributed by atoms with Crippen molar-refractivity contribution in [3.8, 4) is 11.5 Å². The van der Waals surface area contributed by atoms with Gasteiger partial charge in [0, 0.05) is 5.56 Å². The number of hydrogen-bond donors (Lipinski definition) is 2. The van der Waals surface area contributed by atoms with Crippen LogP contribution in [0.4, 0.5) is 0 Å². The van der Waals surface area contributed by atoms with Gasteiger partial charge < -0.3 is 9.84 Å². The van der Waals surface area contributed by atoms with E-state index in [9.17, 15) is 13.5 Å². The van der Waals surface area contributed by atoms with Crippen molar-refractivity contribution in [1.82, 2.24) is 4.83 Å². The van der Waals surface area contributed by atoms with Crippen molar-refractivity contribution in [2.45, 2.75) is 32.6 Å². The Morgan fingerprint density at radius 3 is 2.44 bits per heavy atom. The molecule has 0 saturated heterocycles. The van der Waals surface area contributed by atoms with Crippen LogP contribution in [0.5, 0.6) is 11.5 Å². The third-order valence-corrected chi connectivity index (χ3v) is 5.11. The molecule has 25 heavy (non-hydrogen) atoms. The molecule has 0 aliphatic rings. The summed E-state index contributed by atoms with van der Waals surface area (Å²) in [5.74, 6) is 0.231. The molecule has 0 unspecified atom stereocenters. The molecule has 0 heterocycles. The van der Waals surface area contributed by atoms with E-state index in [1.54, 1.807) is 39.0 Å². The lowest BCUT2D eigenvalue weighted by Gasteiger charge is -2.11. The summed E-state index contributed by atoms with van der Waals surface area (Å²) in [4.78, 5) is 2.40. The van der Waals surface area contributed by atoms with Gasteiger partial charge in [-0.05, 0) is 51.0 Å². The number of para-hydroxylation sites is 1. The van der Waals surface area contributed by atoms with Gasteiger partial charge in [-0.25, -0.2) is 4.83 Å². The van der Waals surface area contributed by atoms with Crippen LogP contribution >= 0.6 is 0 Å². The number of aromatic hydroxyl groups is 1. The third kappa shape index (κ3) is 4.30. The van der Waals surface area contributed by atoms with E-state index >= 15 is 0 Å². The standard InChI is InChI=1S/C18H22N2O4S/c1-5-24-16-8-6-7-15(17(16)21)11-19-20-25(22,23)18-13(3)9-12(2)10-14(18)4/h6-11,20-21H,5H2,1-4H3/b19-11+. The van der Waals surface area contributed by atoms with Crippen LogP contribution in [0.15, 0.2) is 40.3 Å². The highest BCUT2D eigenvalue weighted by atomic mass is 32.2. The Morgan fingerprint density at radius 2 is 1.84 bits per heavy atom. The number of benzene rings is 2. The Balaban J connectivity index is 2.26. The number of ether oxygens (including phenoxy) is 1. The number of phenolic OH excluding ortho intramolecular Hbond substituents is 1. The molecule has 0 radical (unpaired) electrons. The van der Waals surface area contributed by atoms with Gasteiger partial charge in [-0.2, -0.15) is 13.5 Å². The second kappa shape index (κ2) is 7.57. The average Bonchev–Trinajstić information content (AvgIpc) is 2.49. The van der Waals surface area contributed by atoms with Gasteiger partial charge >= 0.3 is 0 Å². The fourth-order valence-corrected chi connectivity index (χ4v) is 3.97. The molecule has 2 N–H and O–H groups in total. The van der Waals surface area contributed by atoms with E-state index in [-0.39, 0.29) is 10.6 Å². The number of phenols is 1. The molecule has 0 aliphatic carbocycles. The Hall–Kier alpha value is -2.54. The SMILES string of the molecule is CCOc1cccc(/C=N/NS(=O)(=O)c2c(C)cc(C)cc2C)c1O. The van der Waals surface area contributed by atoms with Gasteiger partial charge in [-0.1, -0.05) is 23.8 Å². The average molecular weight is 362 g/mol. The van der Waals surface area contributed by atoms with Gasteiger partial charge in [0.1, 0.15) is 0 Å². The predicted molar refractivity (Wildman–Crippen MR) is 97.8 cm³/mol. The second-order valence-electron chi connectivity index (χ2n) is 5.71. The number of nitrogens with one attached hydrogen (secondary N) is 1. The first-order chi connectivity index (χ1) is 11.8. The Labute approximate surface area is 148 Å². The number of hydrogen-bond acceptors (Lipinski definition) is 5. The summed E-state index contributed by atoms with van der Waals surface area (Å²) in [5.41, 5.74) is 2.66. The van der Waals surface area contributed by atoms with Crippen molar-refractivity contribution in [3.05, 3.63) is 52.6 Å². The van der Waals surface area contributed by atoms with Crippen LogP contribution in [0.3, 0.4) is 0 Å². The maximum absolute atomic E-state index is 12.5. The van der Waals surface area contributed by atoms with Crippen LogP contribution in [-0.4, -0.2) is 26.3 Å². The summed E-state index contributed by atoms with van der Waals surface area (Å²) in [6, 6.07) is 8.54. The maximum Gasteiger partial charge on any atom is 0.277 e. The maximum atomic E-state index is 12.5. The van der Waals surface area contributed by atoms with Crippen molar-refractivity contribution < 1.29 is 18.3 Å². The van der Waals surface area contributed by atoms with Crippen LogP contribution in [0.1, 0.15) is 29.2 Å². The topological polar surface area (TPSA) is 88.0 Å². The molecule has 2 rings (SSSR count). The normalized spacial score (nSPS) is 11.7. The number of rotatable bonds is 6. The number of nitrogens with zero attached hydrogens (tertiary/aromatic N) is 1. The zero-order chi connectivity index (χ0) is 18.6. The summed E-state index contributed by atoms with van der Waals surface area (Å²) in [6.07, 6.45) is 1.24. The first kappa shape index (κ1) is 18.8. The van der Waals surface area contributed by atoms with Crippen molar-refractivity contribution in [2.75, 3.05) is 6.61 Å². The molecule has 134 valence electrons. The summed E-state index contributed by atoms with van der Waals surface area (Å²) < 4.78 is 30.3. The van der Waals surface area contributed by atoms with Gasteiger partial charge in [0.2, 0.25) is 0 Å². The van der Waals surface area contributed by atoms with E-state index in [1.807, 2.05) is 19.1 Å². The molecule has 0 fully saturated rings. The predicted octanol–water partition coefficient (Wildman–Crippen LogP) is 3.03. The minimum Gasteiger partial charge on any atom is -0.504 e. The summed E-state index contributed by atoms with van der Waals surface area (Å²) in [7, 11) is -3.80. The highest BCUT2D eigenvalue weighted by Crippen LogP contribution is 2.28. The zero-order valence-electron chi connectivity index (χ0n) is 14.7. The van der Waals surface area contributed by atoms with E-state index < -0.39 is 10.0 Å². The molecule has 6 nitrogen and oxygen atoms in total. The number of aryl methyl sites for hydroxylation is 3. The molecule has 0 aliphatic heterocycles. The van der Waals surface area contributed by atoms with Crippen LogP contribution in [-0.2, 0) is 10.0 Å². The van der Waals surface area contributed by atoms with E-state index in [1.165, 1.54) is 6.21 Å². The fourth-order valence-electron chi connectivity index (χ4n) is 2.72. The summed E-state index contributed by atoms with van der Waals surface area (Å²) in [6.45, 7) is 7.62. The lowest BCUT2D eigenvalue weighted by atomic mass is 10.1. The minimum atomic E-state index is -3.80. The lowest BCUT2D eigenvalue weighted by Crippen LogP contribution is -2.20. The molecule has 0 aromatic heterocycles. The van der Waals surface area contributed by atoms with Gasteiger partial charge in [0.05, 0.1) is 17.7 Å². The summed E-state index contributed by atoms with van der Waals surface area (Å²) >= 11 is 0. The first-order valence-electron chi connectivity index (χ1n) is 7.83. The Bertz CT molecular complexity index is 882. The molecular formula is C18H22N2O4S. The van der Waals surface area contributed by atoms with Crippen LogP contribution in [0.2, 0.25) is 0 Å². The molecule has 0 atom stereocenters. The second-order valence-corrected chi connectivity index (χ2v) is 7.31. The van der Waals surface area contributed by atoms with Gasteiger partial charge in [-0.3, -0.25) is 0 Å². The monoisotopic (exact) mass is 362 g/mol. The molecule has 2 aromatic rings. The van der Waals surface area contributed by atoms with Crippen molar-refractivity contribution >= 4 is 16.2 Å². The van der Waals surface area contributed by atoms with Crippen molar-refractivity contribution in [1.29, 1.82) is 0 Å². The number of hydrazone groups is 1. The molecule has 0 saturated carbocycles. The minimum absolute atomic E-state index is 0.0880. The van der Waals surface area contributed by atoms with E-state index in [2.05, 4.69) is 9.93 Å². The smallest absolute Gasteiger partial charge is 0.277 e. The Kier molecular flexibility index (Phi) is 5.69. The zero-order valence-corrected chi connectivity index (χ0v) is 15.5. The Morgan fingerprint density at radius 1 is 1.20 bits per heavy atom. The molecular weight excluding hydrogens is 340 g/mol. The largest absolute Gasteiger partial charge is 0.504 e. The van der Waals surface area contributed by atoms with E-state index in [4.69, 9.17) is 4.74 Å².